The first-order valence-corrected chi connectivity index (χ1v) is 13.1. The number of thiazole rings is 1. The highest BCUT2D eigenvalue weighted by molar-refractivity contribution is 7.15. The average molecular weight is 513 g/mol. The molecule has 1 N–H and O–H groups in total. The third kappa shape index (κ3) is 5.64. The molecule has 2 aliphatic rings. The van der Waals surface area contributed by atoms with E-state index < -0.39 is 0 Å². The minimum absolute atomic E-state index is 0.00409. The van der Waals surface area contributed by atoms with Crippen molar-refractivity contribution in [3.05, 3.63) is 51.2 Å². The van der Waals surface area contributed by atoms with Crippen LogP contribution in [0, 0.1) is 13.8 Å². The van der Waals surface area contributed by atoms with Crippen molar-refractivity contribution < 1.29 is 9.53 Å². The van der Waals surface area contributed by atoms with Crippen molar-refractivity contribution in [3.8, 4) is 11.3 Å². The van der Waals surface area contributed by atoms with Crippen LogP contribution in [0.25, 0.3) is 11.3 Å². The lowest BCUT2D eigenvalue weighted by Crippen LogP contribution is -2.38. The lowest BCUT2D eigenvalue weighted by Gasteiger charge is -2.27. The molecule has 1 amide bonds. The van der Waals surface area contributed by atoms with Crippen molar-refractivity contribution >= 4 is 39.8 Å². The van der Waals surface area contributed by atoms with Gasteiger partial charge in [-0.05, 0) is 31.0 Å². The number of amides is 1. The zero-order chi connectivity index (χ0) is 24.4. The summed E-state index contributed by atoms with van der Waals surface area (Å²) in [6.07, 6.45) is 4.83. The summed E-state index contributed by atoms with van der Waals surface area (Å²) < 4.78 is 5.36. The SMILES string of the molecule is Cc1cnc(-c2cc(N3CCc4nc(NC(=O)CCN5CCOCC5)sc4C3)ncc2Cl)c(C)c1. The first-order chi connectivity index (χ1) is 17.0. The Morgan fingerprint density at radius 3 is 2.80 bits per heavy atom. The number of halogens is 1. The van der Waals surface area contributed by atoms with Gasteiger partial charge in [-0.25, -0.2) is 9.97 Å². The maximum absolute atomic E-state index is 12.5. The van der Waals surface area contributed by atoms with E-state index in [9.17, 15) is 4.79 Å². The Hall–Kier alpha value is -2.59. The van der Waals surface area contributed by atoms with E-state index in [2.05, 4.69) is 36.1 Å². The topological polar surface area (TPSA) is 83.5 Å². The molecule has 0 unspecified atom stereocenters. The minimum atomic E-state index is 0.00409. The van der Waals surface area contributed by atoms with E-state index >= 15 is 0 Å². The van der Waals surface area contributed by atoms with Crippen LogP contribution in [0.3, 0.4) is 0 Å². The molecule has 5 rings (SSSR count). The number of fused-ring (bicyclic) bond motifs is 1. The number of nitrogens with zero attached hydrogens (tertiary/aromatic N) is 5. The zero-order valence-electron chi connectivity index (χ0n) is 20.0. The van der Waals surface area contributed by atoms with Crippen molar-refractivity contribution in [2.24, 2.45) is 0 Å². The molecule has 0 radical (unpaired) electrons. The first-order valence-electron chi connectivity index (χ1n) is 11.9. The van der Waals surface area contributed by atoms with E-state index in [1.807, 2.05) is 26.1 Å². The smallest absolute Gasteiger partial charge is 0.227 e. The Morgan fingerprint density at radius 1 is 1.17 bits per heavy atom. The summed E-state index contributed by atoms with van der Waals surface area (Å²) in [6.45, 7) is 9.57. The van der Waals surface area contributed by atoms with Gasteiger partial charge in [0.25, 0.3) is 0 Å². The molecule has 0 aliphatic carbocycles. The number of nitrogens with one attached hydrogen (secondary N) is 1. The van der Waals surface area contributed by atoms with E-state index in [1.165, 1.54) is 0 Å². The van der Waals surface area contributed by atoms with Gasteiger partial charge in [0, 0.05) is 61.9 Å². The van der Waals surface area contributed by atoms with E-state index in [4.69, 9.17) is 16.3 Å². The van der Waals surface area contributed by atoms with Crippen molar-refractivity contribution in [1.29, 1.82) is 0 Å². The standard InChI is InChI=1S/C25H29ClN6O2S/c1-16-11-17(2)24(28-13-16)18-12-22(27-14-19(18)26)32-6-3-20-21(15-32)35-25(29-20)30-23(33)4-5-31-7-9-34-10-8-31/h11-14H,3-10,15H2,1-2H3,(H,29,30,33). The fourth-order valence-corrected chi connectivity index (χ4v) is 5.72. The number of anilines is 2. The molecule has 1 fully saturated rings. The number of pyridine rings is 2. The molecule has 0 aromatic carbocycles. The summed E-state index contributed by atoms with van der Waals surface area (Å²) in [6, 6.07) is 4.13. The Labute approximate surface area is 214 Å². The van der Waals surface area contributed by atoms with Crippen LogP contribution in [0.5, 0.6) is 0 Å². The molecule has 2 aliphatic heterocycles. The molecule has 10 heteroatoms. The normalized spacial score (nSPS) is 16.3. The molecular weight excluding hydrogens is 484 g/mol. The van der Waals surface area contributed by atoms with Gasteiger partial charge in [-0.1, -0.05) is 29.0 Å². The molecule has 1 saturated heterocycles. The summed E-state index contributed by atoms with van der Waals surface area (Å²) in [5.41, 5.74) is 5.02. The van der Waals surface area contributed by atoms with E-state index in [0.29, 0.717) is 23.1 Å². The molecule has 3 aromatic heterocycles. The van der Waals surface area contributed by atoms with Gasteiger partial charge in [0.05, 0.1) is 36.2 Å². The van der Waals surface area contributed by atoms with Crippen LogP contribution in [0.4, 0.5) is 10.9 Å². The van der Waals surface area contributed by atoms with Gasteiger partial charge in [-0.3, -0.25) is 14.7 Å². The molecular formula is C25H29ClN6O2S. The highest BCUT2D eigenvalue weighted by Gasteiger charge is 2.23. The van der Waals surface area contributed by atoms with E-state index in [-0.39, 0.29) is 5.91 Å². The van der Waals surface area contributed by atoms with Gasteiger partial charge in [-0.2, -0.15) is 0 Å². The Morgan fingerprint density at radius 2 is 2.00 bits per heavy atom. The van der Waals surface area contributed by atoms with Crippen LogP contribution in [-0.4, -0.2) is 65.2 Å². The maximum Gasteiger partial charge on any atom is 0.227 e. The third-order valence-corrected chi connectivity index (χ3v) is 7.67. The van der Waals surface area contributed by atoms with Gasteiger partial charge >= 0.3 is 0 Å². The quantitative estimate of drug-likeness (QED) is 0.532. The Bertz CT molecular complexity index is 1230. The third-order valence-electron chi connectivity index (χ3n) is 6.37. The van der Waals surface area contributed by atoms with Crippen LogP contribution >= 0.6 is 22.9 Å². The lowest BCUT2D eigenvalue weighted by molar-refractivity contribution is -0.116. The van der Waals surface area contributed by atoms with E-state index in [1.54, 1.807) is 17.5 Å². The molecule has 5 heterocycles. The fourth-order valence-electron chi connectivity index (χ4n) is 4.49. The predicted molar refractivity (Wildman–Crippen MR) is 139 cm³/mol. The number of hydrogen-bond donors (Lipinski definition) is 1. The van der Waals surface area contributed by atoms with Crippen molar-refractivity contribution in [1.82, 2.24) is 19.9 Å². The fraction of sp³-hybridized carbons (Fsp3) is 0.440. The minimum Gasteiger partial charge on any atom is -0.379 e. The number of aromatic nitrogens is 3. The zero-order valence-corrected chi connectivity index (χ0v) is 21.6. The second-order valence-corrected chi connectivity index (χ2v) is 10.5. The number of carbonyl (C=O) groups excluding carboxylic acids is 1. The number of hydrogen-bond acceptors (Lipinski definition) is 8. The molecule has 35 heavy (non-hydrogen) atoms. The van der Waals surface area contributed by atoms with Crippen LogP contribution in [0.15, 0.2) is 24.5 Å². The molecule has 3 aromatic rings. The summed E-state index contributed by atoms with van der Waals surface area (Å²) >= 11 is 8.06. The van der Waals surface area contributed by atoms with Crippen molar-refractivity contribution in [3.63, 3.8) is 0 Å². The number of aryl methyl sites for hydroxylation is 2. The van der Waals surface area contributed by atoms with Crippen molar-refractivity contribution in [2.45, 2.75) is 33.2 Å². The van der Waals surface area contributed by atoms with Gasteiger partial charge in [-0.15, -0.1) is 0 Å². The summed E-state index contributed by atoms with van der Waals surface area (Å²) in [4.78, 5) is 32.0. The number of morpholine rings is 1. The lowest BCUT2D eigenvalue weighted by atomic mass is 10.1. The Balaban J connectivity index is 1.25. The largest absolute Gasteiger partial charge is 0.379 e. The summed E-state index contributed by atoms with van der Waals surface area (Å²) in [5, 5.41) is 4.26. The number of rotatable bonds is 6. The van der Waals surface area contributed by atoms with Gasteiger partial charge in [0.1, 0.15) is 5.82 Å². The number of ether oxygens (including phenoxy) is 1. The highest BCUT2D eigenvalue weighted by atomic mass is 35.5. The van der Waals surface area contributed by atoms with Gasteiger partial charge in [0.2, 0.25) is 5.91 Å². The second kappa shape index (κ2) is 10.6. The van der Waals surface area contributed by atoms with Crippen LogP contribution in [0.1, 0.15) is 28.1 Å². The molecule has 0 spiro atoms. The summed E-state index contributed by atoms with van der Waals surface area (Å²) in [5.74, 6) is 0.866. The van der Waals surface area contributed by atoms with Gasteiger partial charge in [0.15, 0.2) is 5.13 Å². The molecule has 0 saturated carbocycles. The molecule has 8 nitrogen and oxygen atoms in total. The molecule has 184 valence electrons. The monoisotopic (exact) mass is 512 g/mol. The van der Waals surface area contributed by atoms with Crippen molar-refractivity contribution in [2.75, 3.05) is 49.6 Å². The van der Waals surface area contributed by atoms with Gasteiger partial charge < -0.3 is 15.0 Å². The molecule has 0 bridgehead atoms. The average Bonchev–Trinajstić information content (AvgIpc) is 3.25. The predicted octanol–water partition coefficient (Wildman–Crippen LogP) is 4.09. The van der Waals surface area contributed by atoms with Crippen LogP contribution < -0.4 is 10.2 Å². The maximum atomic E-state index is 12.5. The number of carbonyl (C=O) groups is 1. The van der Waals surface area contributed by atoms with Crippen LogP contribution in [0.2, 0.25) is 5.02 Å². The highest BCUT2D eigenvalue weighted by Crippen LogP contribution is 2.34. The van der Waals surface area contributed by atoms with Crippen LogP contribution in [-0.2, 0) is 22.5 Å². The first kappa shape index (κ1) is 24.1. The second-order valence-electron chi connectivity index (χ2n) is 9.01. The van der Waals surface area contributed by atoms with E-state index in [0.717, 1.165) is 84.6 Å². The Kier molecular flexibility index (Phi) is 7.29. The summed E-state index contributed by atoms with van der Waals surface area (Å²) in [7, 11) is 0. The molecule has 0 atom stereocenters.